The monoisotopic (exact) mass is 385 g/mol. The lowest BCUT2D eigenvalue weighted by Crippen LogP contribution is -2.60. The van der Waals surface area contributed by atoms with E-state index in [-0.39, 0.29) is 22.6 Å². The Morgan fingerprint density at radius 3 is 2.41 bits per heavy atom. The van der Waals surface area contributed by atoms with E-state index in [1.807, 2.05) is 36.5 Å². The zero-order chi connectivity index (χ0) is 19.6. The lowest BCUT2D eigenvalue weighted by molar-refractivity contribution is -0.733. The summed E-state index contributed by atoms with van der Waals surface area (Å²) >= 11 is 0. The average Bonchev–Trinajstić information content (AvgIpc) is 3.47. The average molecular weight is 385 g/mol. The van der Waals surface area contributed by atoms with Gasteiger partial charge in [0.15, 0.2) is 17.9 Å². The van der Waals surface area contributed by atoms with Crippen molar-refractivity contribution in [3.8, 4) is 0 Å². The van der Waals surface area contributed by atoms with E-state index in [1.54, 1.807) is 37.2 Å². The maximum absolute atomic E-state index is 11.8. The topological polar surface area (TPSA) is 73.3 Å². The van der Waals surface area contributed by atoms with Crippen molar-refractivity contribution in [3.05, 3.63) is 118 Å². The molecule has 2 aliphatic heterocycles. The van der Waals surface area contributed by atoms with Crippen molar-refractivity contribution in [2.24, 2.45) is 0 Å². The number of hydrogen-bond acceptors (Lipinski definition) is 4. The molecule has 142 valence electrons. The summed E-state index contributed by atoms with van der Waals surface area (Å²) in [5, 5.41) is 11.8. The second-order valence-corrected chi connectivity index (χ2v) is 7.72. The first-order valence-electron chi connectivity index (χ1n) is 9.54. The van der Waals surface area contributed by atoms with Gasteiger partial charge in [-0.2, -0.15) is 4.57 Å². The minimum absolute atomic E-state index is 0.0983. The zero-order valence-electron chi connectivity index (χ0n) is 15.4. The summed E-state index contributed by atoms with van der Waals surface area (Å²) in [4.78, 5) is 11.6. The third-order valence-electron chi connectivity index (χ3n) is 6.59. The van der Waals surface area contributed by atoms with Crippen molar-refractivity contribution in [1.29, 1.82) is 0 Å². The second kappa shape index (κ2) is 5.67. The van der Waals surface area contributed by atoms with Crippen LogP contribution in [-0.4, -0.2) is 4.92 Å². The second-order valence-electron chi connectivity index (χ2n) is 7.72. The zero-order valence-corrected chi connectivity index (χ0v) is 15.4. The molecule has 0 spiro atoms. The van der Waals surface area contributed by atoms with E-state index < -0.39 is 5.41 Å². The maximum atomic E-state index is 11.8. The van der Waals surface area contributed by atoms with Gasteiger partial charge in [-0.3, -0.25) is 10.1 Å². The summed E-state index contributed by atoms with van der Waals surface area (Å²) in [6.07, 6.45) is 9.67. The SMILES string of the molecule is O=[N+]([O-])c1cccc2c1C1CC(c3ccoc3)(c3ccoc3)C2c2cccc[n+]21. The Kier molecular flexibility index (Phi) is 3.19. The number of pyridine rings is 1. The smallest absolute Gasteiger partial charge is 0.279 e. The minimum atomic E-state index is -0.422. The van der Waals surface area contributed by atoms with Gasteiger partial charge in [0, 0.05) is 35.7 Å². The molecular weight excluding hydrogens is 368 g/mol. The number of aromatic nitrogens is 1. The van der Waals surface area contributed by atoms with Crippen LogP contribution in [0.1, 0.15) is 46.3 Å². The van der Waals surface area contributed by atoms with Gasteiger partial charge in [-0.05, 0) is 17.7 Å². The molecule has 0 radical (unpaired) electrons. The van der Waals surface area contributed by atoms with Crippen LogP contribution in [0.4, 0.5) is 5.69 Å². The maximum Gasteiger partial charge on any atom is 0.279 e. The standard InChI is InChI=1S/C23H17N2O4/c26-25(27)18-6-3-4-17-21(18)20-12-23(15-7-10-28-13-15,16-8-11-29-14-16)22(17)19-5-1-2-9-24(19)20/h1-11,13-14,20,22H,12H2/q+1. The van der Waals surface area contributed by atoms with Gasteiger partial charge in [0.1, 0.15) is 5.56 Å². The van der Waals surface area contributed by atoms with Crippen molar-refractivity contribution in [1.82, 2.24) is 0 Å². The van der Waals surface area contributed by atoms with Gasteiger partial charge in [0.05, 0.1) is 41.3 Å². The highest BCUT2D eigenvalue weighted by Gasteiger charge is 2.61. The number of furan rings is 2. The Hall–Kier alpha value is -3.67. The molecule has 29 heavy (non-hydrogen) atoms. The van der Waals surface area contributed by atoms with Gasteiger partial charge in [-0.15, -0.1) is 0 Å². The molecule has 0 N–H and O–H groups in total. The van der Waals surface area contributed by atoms with Gasteiger partial charge < -0.3 is 8.83 Å². The number of nitrogens with zero attached hydrogens (tertiary/aromatic N) is 2. The Morgan fingerprint density at radius 1 is 1.00 bits per heavy atom. The molecular formula is C23H17N2O4+. The van der Waals surface area contributed by atoms with Crippen molar-refractivity contribution < 1.29 is 18.3 Å². The van der Waals surface area contributed by atoms with Crippen LogP contribution >= 0.6 is 0 Å². The molecule has 7 rings (SSSR count). The molecule has 5 heterocycles. The van der Waals surface area contributed by atoms with E-state index in [2.05, 4.69) is 10.6 Å². The summed E-state index contributed by atoms with van der Waals surface area (Å²) in [6, 6.07) is 15.4. The number of nitro groups is 1. The van der Waals surface area contributed by atoms with Crippen molar-refractivity contribution in [2.75, 3.05) is 0 Å². The molecule has 1 aromatic carbocycles. The summed E-state index contributed by atoms with van der Waals surface area (Å²) in [5.74, 6) is -0.0983. The van der Waals surface area contributed by atoms with E-state index in [9.17, 15) is 10.1 Å². The van der Waals surface area contributed by atoms with E-state index in [0.29, 0.717) is 6.42 Å². The highest BCUT2D eigenvalue weighted by molar-refractivity contribution is 5.59. The molecule has 6 heteroatoms. The van der Waals surface area contributed by atoms with E-state index in [0.717, 1.165) is 27.9 Å². The first kappa shape index (κ1) is 16.3. The summed E-state index contributed by atoms with van der Waals surface area (Å²) in [6.45, 7) is 0. The number of fused-ring (bicyclic) bond motifs is 1. The summed E-state index contributed by atoms with van der Waals surface area (Å²) in [5.41, 5.74) is 4.83. The molecule has 3 aliphatic rings. The fraction of sp³-hybridized carbons (Fsp3) is 0.174. The molecule has 0 fully saturated rings. The van der Waals surface area contributed by atoms with Crippen LogP contribution in [0.25, 0.3) is 0 Å². The number of benzene rings is 1. The third-order valence-corrected chi connectivity index (χ3v) is 6.59. The third kappa shape index (κ3) is 1.98. The van der Waals surface area contributed by atoms with Gasteiger partial charge in [0.2, 0.25) is 0 Å². The minimum Gasteiger partial charge on any atom is -0.472 e. The van der Waals surface area contributed by atoms with E-state index in [1.165, 1.54) is 0 Å². The highest BCUT2D eigenvalue weighted by Crippen LogP contribution is 2.60. The summed E-state index contributed by atoms with van der Waals surface area (Å²) in [7, 11) is 0. The van der Waals surface area contributed by atoms with Crippen LogP contribution < -0.4 is 4.57 Å². The van der Waals surface area contributed by atoms with Crippen LogP contribution in [0.2, 0.25) is 0 Å². The Bertz CT molecular complexity index is 1190. The molecule has 2 unspecified atom stereocenters. The van der Waals surface area contributed by atoms with Crippen LogP contribution in [-0.2, 0) is 5.41 Å². The first-order valence-corrected chi connectivity index (χ1v) is 9.54. The Labute approximate surface area is 166 Å². The van der Waals surface area contributed by atoms with Crippen molar-refractivity contribution in [3.63, 3.8) is 0 Å². The fourth-order valence-corrected chi connectivity index (χ4v) is 5.55. The van der Waals surface area contributed by atoms with Crippen molar-refractivity contribution >= 4 is 5.69 Å². The van der Waals surface area contributed by atoms with Crippen LogP contribution in [0, 0.1) is 10.1 Å². The van der Waals surface area contributed by atoms with Crippen LogP contribution in [0.3, 0.4) is 0 Å². The molecule has 2 atom stereocenters. The molecule has 6 nitrogen and oxygen atoms in total. The molecule has 1 aliphatic carbocycles. The van der Waals surface area contributed by atoms with Crippen LogP contribution in [0.15, 0.2) is 88.6 Å². The molecule has 0 saturated heterocycles. The van der Waals surface area contributed by atoms with E-state index >= 15 is 0 Å². The quantitative estimate of drug-likeness (QED) is 0.296. The van der Waals surface area contributed by atoms with E-state index in [4.69, 9.17) is 8.83 Å². The van der Waals surface area contributed by atoms with Crippen LogP contribution in [0.5, 0.6) is 0 Å². The lowest BCUT2D eigenvalue weighted by Gasteiger charge is -2.48. The molecule has 0 saturated carbocycles. The predicted molar refractivity (Wildman–Crippen MR) is 103 cm³/mol. The number of hydrogen-bond donors (Lipinski definition) is 0. The van der Waals surface area contributed by atoms with Gasteiger partial charge in [0.25, 0.3) is 5.69 Å². The van der Waals surface area contributed by atoms with Gasteiger partial charge in [-0.25, -0.2) is 0 Å². The molecule has 3 aromatic heterocycles. The lowest BCUT2D eigenvalue weighted by atomic mass is 9.54. The largest absolute Gasteiger partial charge is 0.472 e. The Balaban J connectivity index is 1.74. The summed E-state index contributed by atoms with van der Waals surface area (Å²) < 4.78 is 13.2. The molecule has 4 aromatic rings. The molecule has 2 bridgehead atoms. The molecule has 0 amide bonds. The highest BCUT2D eigenvalue weighted by atomic mass is 16.6. The normalized spacial score (nSPS) is 20.8. The van der Waals surface area contributed by atoms with Gasteiger partial charge in [-0.1, -0.05) is 18.2 Å². The Morgan fingerprint density at radius 2 is 1.76 bits per heavy atom. The van der Waals surface area contributed by atoms with Crippen molar-refractivity contribution in [2.45, 2.75) is 23.8 Å². The number of rotatable bonds is 3. The first-order chi connectivity index (χ1) is 14.2. The predicted octanol–water partition coefficient (Wildman–Crippen LogP) is 4.49. The fourth-order valence-electron chi connectivity index (χ4n) is 5.55. The van der Waals surface area contributed by atoms with Gasteiger partial charge >= 0.3 is 0 Å². The number of nitro benzene ring substituents is 1.